The molecule has 35 heavy (non-hydrogen) atoms. The maximum Gasteiger partial charge on any atom is 0.271 e. The highest BCUT2D eigenvalue weighted by Gasteiger charge is 2.20. The van der Waals surface area contributed by atoms with Crippen molar-refractivity contribution in [3.63, 3.8) is 0 Å². The first kappa shape index (κ1) is 22.0. The van der Waals surface area contributed by atoms with E-state index in [0.717, 1.165) is 35.2 Å². The maximum absolute atomic E-state index is 11.7. The lowest BCUT2D eigenvalue weighted by Crippen LogP contribution is -2.18. The molecule has 9 nitrogen and oxygen atoms in total. The molecular formula is C26H23N7O2. The van der Waals surface area contributed by atoms with Crippen molar-refractivity contribution in [3.05, 3.63) is 84.3 Å². The van der Waals surface area contributed by atoms with Gasteiger partial charge in [0.1, 0.15) is 17.1 Å². The zero-order valence-electron chi connectivity index (χ0n) is 19.0. The third-order valence-electron chi connectivity index (χ3n) is 5.59. The van der Waals surface area contributed by atoms with E-state index < -0.39 is 5.91 Å². The van der Waals surface area contributed by atoms with Crippen molar-refractivity contribution >= 4 is 22.6 Å². The number of nitrogens with two attached hydrogens (primary N) is 2. The van der Waals surface area contributed by atoms with E-state index in [4.69, 9.17) is 16.2 Å². The van der Waals surface area contributed by atoms with E-state index >= 15 is 0 Å². The molecule has 1 aliphatic heterocycles. The largest absolute Gasteiger partial charge is 0.493 e. The van der Waals surface area contributed by atoms with Gasteiger partial charge in [0.05, 0.1) is 17.8 Å². The summed E-state index contributed by atoms with van der Waals surface area (Å²) in [7, 11) is 1.80. The van der Waals surface area contributed by atoms with Crippen LogP contribution in [0.1, 0.15) is 16.1 Å². The molecule has 0 fully saturated rings. The molecule has 4 heterocycles. The Balaban J connectivity index is 0.000000234. The standard InChI is InChI=1S/C18H15N7O.C8H8O/c1-25-8-6-13(24-25)15-14(22-16(18(20)26)17(19)23-15)11-4-5-12-10(9-11)3-2-7-21-12;1-2-4-8-7(3-1)5-6-9-8/h2-9H,1H3,(H2,19,23)(H2,20,26);1-4H,5-6H2. The summed E-state index contributed by atoms with van der Waals surface area (Å²) in [6, 6.07) is 19.5. The predicted octanol–water partition coefficient (Wildman–Crippen LogP) is 3.39. The summed E-state index contributed by atoms with van der Waals surface area (Å²) < 4.78 is 6.95. The Kier molecular flexibility index (Phi) is 5.80. The molecule has 0 atom stereocenters. The van der Waals surface area contributed by atoms with Gasteiger partial charge in [-0.1, -0.05) is 30.3 Å². The van der Waals surface area contributed by atoms with E-state index in [1.807, 2.05) is 48.5 Å². The van der Waals surface area contributed by atoms with Crippen molar-refractivity contribution in [3.8, 4) is 28.4 Å². The second-order valence-corrected chi connectivity index (χ2v) is 8.01. The van der Waals surface area contributed by atoms with Crippen LogP contribution < -0.4 is 16.2 Å². The minimum absolute atomic E-state index is 0.0237. The van der Waals surface area contributed by atoms with Crippen molar-refractivity contribution in [1.29, 1.82) is 0 Å². The van der Waals surface area contributed by atoms with Gasteiger partial charge in [-0.2, -0.15) is 5.10 Å². The van der Waals surface area contributed by atoms with E-state index in [-0.39, 0.29) is 11.5 Å². The molecule has 6 rings (SSSR count). The third-order valence-corrected chi connectivity index (χ3v) is 5.59. The van der Waals surface area contributed by atoms with E-state index in [0.29, 0.717) is 17.1 Å². The molecule has 1 aliphatic rings. The number of para-hydroxylation sites is 1. The van der Waals surface area contributed by atoms with Crippen molar-refractivity contribution in [1.82, 2.24) is 24.7 Å². The van der Waals surface area contributed by atoms with Gasteiger partial charge >= 0.3 is 0 Å². The second kappa shape index (κ2) is 9.22. The van der Waals surface area contributed by atoms with Gasteiger partial charge in [-0.05, 0) is 35.9 Å². The number of carbonyl (C=O) groups excluding carboxylic acids is 1. The Morgan fingerprint density at radius 2 is 1.89 bits per heavy atom. The van der Waals surface area contributed by atoms with Crippen LogP contribution in [0.5, 0.6) is 5.75 Å². The molecule has 1 amide bonds. The lowest BCUT2D eigenvalue weighted by molar-refractivity contribution is 0.0996. The lowest BCUT2D eigenvalue weighted by atomic mass is 10.0. The third kappa shape index (κ3) is 4.51. The average Bonchev–Trinajstić information content (AvgIpc) is 3.53. The second-order valence-electron chi connectivity index (χ2n) is 8.01. The average molecular weight is 466 g/mol. The Morgan fingerprint density at radius 1 is 1.03 bits per heavy atom. The van der Waals surface area contributed by atoms with E-state index in [2.05, 4.69) is 26.1 Å². The number of ether oxygens (including phenoxy) is 1. The molecule has 0 unspecified atom stereocenters. The summed E-state index contributed by atoms with van der Waals surface area (Å²) in [5, 5.41) is 5.32. The van der Waals surface area contributed by atoms with Crippen LogP contribution in [0.3, 0.4) is 0 Å². The van der Waals surface area contributed by atoms with E-state index in [1.165, 1.54) is 5.56 Å². The number of nitrogens with zero attached hydrogens (tertiary/aromatic N) is 5. The fourth-order valence-electron chi connectivity index (χ4n) is 3.90. The number of aryl methyl sites for hydroxylation is 1. The molecule has 0 saturated heterocycles. The normalized spacial score (nSPS) is 11.9. The van der Waals surface area contributed by atoms with Crippen LogP contribution in [0, 0.1) is 0 Å². The molecule has 0 saturated carbocycles. The monoisotopic (exact) mass is 465 g/mol. The Hall–Kier alpha value is -4.79. The van der Waals surface area contributed by atoms with Gasteiger partial charge in [-0.15, -0.1) is 0 Å². The molecule has 0 spiro atoms. The number of anilines is 1. The minimum atomic E-state index is -0.730. The SMILES string of the molecule is Cn1ccc(-c2nc(N)c(C(N)=O)nc2-c2ccc3ncccc3c2)n1.c1ccc2c(c1)CCO2. The fourth-order valence-corrected chi connectivity index (χ4v) is 3.90. The van der Waals surface area contributed by atoms with E-state index in [9.17, 15) is 4.79 Å². The van der Waals surface area contributed by atoms with Crippen LogP contribution in [-0.4, -0.2) is 37.2 Å². The first-order valence-electron chi connectivity index (χ1n) is 11.0. The molecule has 5 aromatic rings. The fraction of sp³-hybridized carbons (Fsp3) is 0.115. The maximum atomic E-state index is 11.7. The van der Waals surface area contributed by atoms with Gasteiger partial charge in [0, 0.05) is 36.8 Å². The van der Waals surface area contributed by atoms with Gasteiger partial charge in [-0.3, -0.25) is 14.5 Å². The number of rotatable bonds is 3. The van der Waals surface area contributed by atoms with Crippen LogP contribution >= 0.6 is 0 Å². The first-order chi connectivity index (χ1) is 17.0. The van der Waals surface area contributed by atoms with Crippen LogP contribution in [0.4, 0.5) is 5.82 Å². The van der Waals surface area contributed by atoms with Crippen molar-refractivity contribution in [2.75, 3.05) is 12.3 Å². The zero-order chi connectivity index (χ0) is 24.4. The number of benzene rings is 2. The molecule has 174 valence electrons. The van der Waals surface area contributed by atoms with E-state index in [1.54, 1.807) is 30.2 Å². The van der Waals surface area contributed by atoms with Gasteiger partial charge < -0.3 is 16.2 Å². The smallest absolute Gasteiger partial charge is 0.271 e. The number of hydrogen-bond acceptors (Lipinski definition) is 7. The summed E-state index contributed by atoms with van der Waals surface area (Å²) >= 11 is 0. The van der Waals surface area contributed by atoms with Crippen LogP contribution in [-0.2, 0) is 13.5 Å². The van der Waals surface area contributed by atoms with Crippen molar-refractivity contribution in [2.24, 2.45) is 12.8 Å². The summed E-state index contributed by atoms with van der Waals surface area (Å²) in [5.41, 5.74) is 15.7. The zero-order valence-corrected chi connectivity index (χ0v) is 19.0. The number of pyridine rings is 1. The summed E-state index contributed by atoms with van der Waals surface area (Å²) in [6.07, 6.45) is 4.61. The molecule has 0 aliphatic carbocycles. The number of primary amides is 1. The first-order valence-corrected chi connectivity index (χ1v) is 11.0. The molecule has 9 heteroatoms. The molecule has 0 radical (unpaired) electrons. The number of amides is 1. The van der Waals surface area contributed by atoms with Gasteiger partial charge in [0.2, 0.25) is 0 Å². The quantitative estimate of drug-likeness (QED) is 0.417. The highest BCUT2D eigenvalue weighted by atomic mass is 16.5. The van der Waals surface area contributed by atoms with Gasteiger partial charge in [0.15, 0.2) is 11.5 Å². The number of fused-ring (bicyclic) bond motifs is 2. The summed E-state index contributed by atoms with van der Waals surface area (Å²) in [6.45, 7) is 0.860. The van der Waals surface area contributed by atoms with Crippen LogP contribution in [0.15, 0.2) is 73.1 Å². The summed E-state index contributed by atoms with van der Waals surface area (Å²) in [5.74, 6) is 0.313. The summed E-state index contributed by atoms with van der Waals surface area (Å²) in [4.78, 5) is 24.8. The molecular weight excluding hydrogens is 442 g/mol. The number of aromatic nitrogens is 5. The highest BCUT2D eigenvalue weighted by molar-refractivity contribution is 5.97. The van der Waals surface area contributed by atoms with Crippen LogP contribution in [0.25, 0.3) is 33.5 Å². The lowest BCUT2D eigenvalue weighted by Gasteiger charge is -2.10. The van der Waals surface area contributed by atoms with Crippen molar-refractivity contribution in [2.45, 2.75) is 6.42 Å². The van der Waals surface area contributed by atoms with Crippen LogP contribution in [0.2, 0.25) is 0 Å². The predicted molar refractivity (Wildman–Crippen MR) is 134 cm³/mol. The Bertz CT molecular complexity index is 1520. The Morgan fingerprint density at radius 3 is 2.66 bits per heavy atom. The Labute approximate surface area is 201 Å². The molecule has 0 bridgehead atoms. The van der Waals surface area contributed by atoms with Crippen molar-refractivity contribution < 1.29 is 9.53 Å². The number of hydrogen-bond donors (Lipinski definition) is 2. The number of carbonyl (C=O) groups is 1. The number of nitrogen functional groups attached to an aromatic ring is 1. The molecule has 3 aromatic heterocycles. The molecule has 2 aromatic carbocycles. The highest BCUT2D eigenvalue weighted by Crippen LogP contribution is 2.31. The topological polar surface area (TPSA) is 135 Å². The molecule has 4 N–H and O–H groups in total. The minimum Gasteiger partial charge on any atom is -0.493 e. The van der Waals surface area contributed by atoms with Gasteiger partial charge in [0.25, 0.3) is 5.91 Å². The van der Waals surface area contributed by atoms with Gasteiger partial charge in [-0.25, -0.2) is 9.97 Å².